The van der Waals surface area contributed by atoms with Crippen LogP contribution in [0.25, 0.3) is 0 Å². The normalized spacial score (nSPS) is 16.9. The van der Waals surface area contributed by atoms with Gasteiger partial charge in [-0.1, -0.05) is 30.4 Å². The SMILES string of the molecule is C=C(C)CN(CC)C(=O)C1Cc2ccccc2N1. The van der Waals surface area contributed by atoms with Crippen molar-refractivity contribution in [3.8, 4) is 0 Å². The first-order chi connectivity index (χ1) is 8.61. The summed E-state index contributed by atoms with van der Waals surface area (Å²) in [5, 5.41) is 3.30. The highest BCUT2D eigenvalue weighted by molar-refractivity contribution is 5.87. The fourth-order valence-electron chi connectivity index (χ4n) is 2.34. The molecule has 1 atom stereocenters. The van der Waals surface area contributed by atoms with Gasteiger partial charge in [-0.3, -0.25) is 4.79 Å². The molecule has 0 spiro atoms. The maximum atomic E-state index is 12.4. The zero-order valence-corrected chi connectivity index (χ0v) is 11.1. The topological polar surface area (TPSA) is 32.3 Å². The zero-order valence-electron chi connectivity index (χ0n) is 11.1. The number of carbonyl (C=O) groups excluding carboxylic acids is 1. The number of fused-ring (bicyclic) bond motifs is 1. The minimum atomic E-state index is -0.123. The van der Waals surface area contributed by atoms with E-state index in [1.54, 1.807) is 0 Å². The molecule has 1 aliphatic rings. The highest BCUT2D eigenvalue weighted by Gasteiger charge is 2.29. The number of nitrogens with zero attached hydrogens (tertiary/aromatic N) is 1. The number of carbonyl (C=O) groups is 1. The molecule has 0 saturated carbocycles. The summed E-state index contributed by atoms with van der Waals surface area (Å²) in [6.45, 7) is 9.20. The van der Waals surface area contributed by atoms with E-state index in [2.05, 4.69) is 18.0 Å². The number of anilines is 1. The van der Waals surface area contributed by atoms with Crippen LogP contribution < -0.4 is 5.32 Å². The second-order valence-electron chi connectivity index (χ2n) is 4.87. The van der Waals surface area contributed by atoms with Crippen molar-refractivity contribution in [2.24, 2.45) is 0 Å². The van der Waals surface area contributed by atoms with Gasteiger partial charge in [-0.05, 0) is 25.5 Å². The minimum absolute atomic E-state index is 0.123. The lowest BCUT2D eigenvalue weighted by atomic mass is 10.1. The van der Waals surface area contributed by atoms with Gasteiger partial charge < -0.3 is 10.2 Å². The summed E-state index contributed by atoms with van der Waals surface area (Å²) in [6.07, 6.45) is 0.779. The van der Waals surface area contributed by atoms with E-state index in [4.69, 9.17) is 0 Å². The van der Waals surface area contributed by atoms with Crippen LogP contribution in [0.2, 0.25) is 0 Å². The van der Waals surface area contributed by atoms with Crippen LogP contribution in [0.5, 0.6) is 0 Å². The van der Waals surface area contributed by atoms with Crippen molar-refractivity contribution < 1.29 is 4.79 Å². The molecule has 1 amide bonds. The molecule has 0 saturated heterocycles. The molecule has 0 bridgehead atoms. The predicted molar refractivity (Wildman–Crippen MR) is 74.6 cm³/mol. The summed E-state index contributed by atoms with van der Waals surface area (Å²) < 4.78 is 0. The van der Waals surface area contributed by atoms with Gasteiger partial charge in [-0.25, -0.2) is 0 Å². The van der Waals surface area contributed by atoms with Crippen LogP contribution in [-0.4, -0.2) is 29.9 Å². The van der Waals surface area contributed by atoms with Crippen molar-refractivity contribution in [2.45, 2.75) is 26.3 Å². The summed E-state index contributed by atoms with van der Waals surface area (Å²) in [4.78, 5) is 14.3. The summed E-state index contributed by atoms with van der Waals surface area (Å²) in [5.74, 6) is 0.164. The lowest BCUT2D eigenvalue weighted by molar-refractivity contribution is -0.131. The highest BCUT2D eigenvalue weighted by Crippen LogP contribution is 2.26. The van der Waals surface area contributed by atoms with E-state index < -0.39 is 0 Å². The van der Waals surface area contributed by atoms with Crippen LogP contribution in [-0.2, 0) is 11.2 Å². The van der Waals surface area contributed by atoms with Crippen LogP contribution in [0.15, 0.2) is 36.4 Å². The number of rotatable bonds is 4. The van der Waals surface area contributed by atoms with E-state index in [9.17, 15) is 4.79 Å². The molecule has 0 fully saturated rings. The summed E-state index contributed by atoms with van der Waals surface area (Å²) in [7, 11) is 0. The zero-order chi connectivity index (χ0) is 13.1. The second-order valence-corrected chi connectivity index (χ2v) is 4.87. The Hall–Kier alpha value is -1.77. The van der Waals surface area contributed by atoms with Crippen molar-refractivity contribution in [3.63, 3.8) is 0 Å². The van der Waals surface area contributed by atoms with E-state index in [1.807, 2.05) is 36.9 Å². The van der Waals surface area contributed by atoms with Crippen LogP contribution in [0.1, 0.15) is 19.4 Å². The molecule has 0 aromatic heterocycles. The molecule has 1 heterocycles. The number of hydrogen-bond donors (Lipinski definition) is 1. The van der Waals surface area contributed by atoms with Crippen LogP contribution in [0, 0.1) is 0 Å². The Kier molecular flexibility index (Phi) is 3.70. The number of para-hydroxylation sites is 1. The van der Waals surface area contributed by atoms with E-state index in [0.29, 0.717) is 6.54 Å². The predicted octanol–water partition coefficient (Wildman–Crippen LogP) is 2.45. The van der Waals surface area contributed by atoms with Gasteiger partial charge in [0.05, 0.1) is 0 Å². The molecule has 0 radical (unpaired) electrons. The number of nitrogens with one attached hydrogen (secondary N) is 1. The summed E-state index contributed by atoms with van der Waals surface area (Å²) in [5.41, 5.74) is 3.32. The van der Waals surface area contributed by atoms with E-state index in [1.165, 1.54) is 5.56 Å². The second kappa shape index (κ2) is 5.25. The van der Waals surface area contributed by atoms with Crippen molar-refractivity contribution in [1.82, 2.24) is 4.90 Å². The fourth-order valence-corrected chi connectivity index (χ4v) is 2.34. The number of amides is 1. The third kappa shape index (κ3) is 2.55. The van der Waals surface area contributed by atoms with Crippen molar-refractivity contribution in [1.29, 1.82) is 0 Å². The molecule has 1 aromatic rings. The van der Waals surface area contributed by atoms with Crippen LogP contribution >= 0.6 is 0 Å². The van der Waals surface area contributed by atoms with Crippen molar-refractivity contribution >= 4 is 11.6 Å². The Bertz CT molecular complexity index is 442. The lowest BCUT2D eigenvalue weighted by Crippen LogP contribution is -2.42. The number of hydrogen-bond acceptors (Lipinski definition) is 2. The maximum Gasteiger partial charge on any atom is 0.245 e. The van der Waals surface area contributed by atoms with E-state index in [0.717, 1.165) is 24.2 Å². The van der Waals surface area contributed by atoms with Gasteiger partial charge in [0.2, 0.25) is 5.91 Å². The Balaban J connectivity index is 2.06. The molecule has 18 heavy (non-hydrogen) atoms. The van der Waals surface area contributed by atoms with Gasteiger partial charge in [0.15, 0.2) is 0 Å². The standard InChI is InChI=1S/C15H20N2O/c1-4-17(10-11(2)3)15(18)14-9-12-7-5-6-8-13(12)16-14/h5-8,14,16H,2,4,9-10H2,1,3H3. The van der Waals surface area contributed by atoms with Gasteiger partial charge in [0, 0.05) is 25.2 Å². The third-order valence-electron chi connectivity index (χ3n) is 3.22. The Morgan fingerprint density at radius 3 is 2.83 bits per heavy atom. The van der Waals surface area contributed by atoms with E-state index >= 15 is 0 Å². The molecule has 3 nitrogen and oxygen atoms in total. The molecule has 1 unspecified atom stereocenters. The summed E-state index contributed by atoms with van der Waals surface area (Å²) >= 11 is 0. The first-order valence-electron chi connectivity index (χ1n) is 6.39. The van der Waals surface area contributed by atoms with Crippen molar-refractivity contribution in [2.75, 3.05) is 18.4 Å². The molecule has 96 valence electrons. The number of benzene rings is 1. The van der Waals surface area contributed by atoms with Crippen molar-refractivity contribution in [3.05, 3.63) is 42.0 Å². The minimum Gasteiger partial charge on any atom is -0.373 e. The quantitative estimate of drug-likeness (QED) is 0.825. The molecule has 0 aliphatic carbocycles. The van der Waals surface area contributed by atoms with Gasteiger partial charge in [0.1, 0.15) is 6.04 Å². The molecular weight excluding hydrogens is 224 g/mol. The monoisotopic (exact) mass is 244 g/mol. The lowest BCUT2D eigenvalue weighted by Gasteiger charge is -2.24. The van der Waals surface area contributed by atoms with Crippen LogP contribution in [0.4, 0.5) is 5.69 Å². The molecule has 1 aliphatic heterocycles. The molecule has 3 heteroatoms. The fraction of sp³-hybridized carbons (Fsp3) is 0.400. The largest absolute Gasteiger partial charge is 0.373 e. The Morgan fingerprint density at radius 1 is 1.50 bits per heavy atom. The van der Waals surface area contributed by atoms with Gasteiger partial charge in [0.25, 0.3) is 0 Å². The van der Waals surface area contributed by atoms with Gasteiger partial charge >= 0.3 is 0 Å². The third-order valence-corrected chi connectivity index (χ3v) is 3.22. The summed E-state index contributed by atoms with van der Waals surface area (Å²) in [6, 6.07) is 7.98. The average molecular weight is 244 g/mol. The average Bonchev–Trinajstić information content (AvgIpc) is 2.78. The Labute approximate surface area is 108 Å². The molecular formula is C15H20N2O. The Morgan fingerprint density at radius 2 is 2.22 bits per heavy atom. The maximum absolute atomic E-state index is 12.4. The number of likely N-dealkylation sites (N-methyl/N-ethyl adjacent to an activating group) is 1. The van der Waals surface area contributed by atoms with Gasteiger partial charge in [-0.2, -0.15) is 0 Å². The van der Waals surface area contributed by atoms with Crippen LogP contribution in [0.3, 0.4) is 0 Å². The van der Waals surface area contributed by atoms with E-state index in [-0.39, 0.29) is 11.9 Å². The molecule has 2 rings (SSSR count). The first kappa shape index (κ1) is 12.7. The molecule has 1 aromatic carbocycles. The highest BCUT2D eigenvalue weighted by atomic mass is 16.2. The first-order valence-corrected chi connectivity index (χ1v) is 6.39. The smallest absolute Gasteiger partial charge is 0.245 e. The molecule has 1 N–H and O–H groups in total. The van der Waals surface area contributed by atoms with Gasteiger partial charge in [-0.15, -0.1) is 0 Å².